The monoisotopic (exact) mass is 447 g/mol. The van der Waals surface area contributed by atoms with Gasteiger partial charge in [-0.15, -0.1) is 0 Å². The second-order valence-corrected chi connectivity index (χ2v) is 7.82. The number of nitrogens with zero attached hydrogens (tertiary/aromatic N) is 1. The summed E-state index contributed by atoms with van der Waals surface area (Å²) in [5.74, 6) is -0.184. The van der Waals surface area contributed by atoms with Gasteiger partial charge in [0.1, 0.15) is 5.58 Å². The van der Waals surface area contributed by atoms with Gasteiger partial charge >= 0.3 is 0 Å². The number of benzene rings is 3. The first-order valence-electron chi connectivity index (χ1n) is 10.1. The quantitative estimate of drug-likeness (QED) is 0.459. The molecule has 7 heteroatoms. The van der Waals surface area contributed by atoms with E-state index in [1.807, 2.05) is 18.2 Å². The van der Waals surface area contributed by atoms with Crippen molar-refractivity contribution in [3.8, 4) is 11.5 Å². The Morgan fingerprint density at radius 3 is 2.59 bits per heavy atom. The molecule has 0 spiro atoms. The molecule has 0 saturated carbocycles. The summed E-state index contributed by atoms with van der Waals surface area (Å²) in [4.78, 5) is 28.6. The molecule has 0 saturated heterocycles. The van der Waals surface area contributed by atoms with Crippen molar-refractivity contribution in [3.63, 3.8) is 0 Å². The molecule has 160 valence electrons. The number of ether oxygens (including phenoxy) is 1. The van der Waals surface area contributed by atoms with E-state index >= 15 is 0 Å². The van der Waals surface area contributed by atoms with E-state index in [2.05, 4.69) is 0 Å². The van der Waals surface area contributed by atoms with Gasteiger partial charge in [-0.1, -0.05) is 35.9 Å². The number of fused-ring (bicyclic) bond motifs is 2. The number of anilines is 1. The third kappa shape index (κ3) is 3.11. The van der Waals surface area contributed by atoms with Gasteiger partial charge in [0.25, 0.3) is 5.91 Å². The molecule has 32 heavy (non-hydrogen) atoms. The number of halogens is 1. The fraction of sp³-hybridized carbons (Fsp3) is 0.120. The third-order valence-electron chi connectivity index (χ3n) is 5.47. The van der Waals surface area contributed by atoms with Gasteiger partial charge in [-0.3, -0.25) is 14.5 Å². The second-order valence-electron chi connectivity index (χ2n) is 7.39. The summed E-state index contributed by atoms with van der Waals surface area (Å²) in [6, 6.07) is 17.8. The van der Waals surface area contributed by atoms with E-state index in [9.17, 15) is 14.7 Å². The molecule has 4 aromatic rings. The summed E-state index contributed by atoms with van der Waals surface area (Å²) >= 11 is 6.12. The molecule has 0 radical (unpaired) electrons. The highest BCUT2D eigenvalue weighted by atomic mass is 35.5. The van der Waals surface area contributed by atoms with Crippen LogP contribution in [0.4, 0.5) is 5.69 Å². The first kappa shape index (κ1) is 20.2. The molecule has 1 amide bonds. The lowest BCUT2D eigenvalue weighted by molar-refractivity contribution is 0.0971. The zero-order chi connectivity index (χ0) is 22.4. The molecule has 1 aliphatic rings. The van der Waals surface area contributed by atoms with Gasteiger partial charge in [-0.25, -0.2) is 0 Å². The summed E-state index contributed by atoms with van der Waals surface area (Å²) in [7, 11) is 0. The van der Waals surface area contributed by atoms with Crippen LogP contribution in [0.5, 0.6) is 11.5 Å². The van der Waals surface area contributed by atoms with Crippen LogP contribution in [0.25, 0.3) is 11.0 Å². The van der Waals surface area contributed by atoms with E-state index in [1.165, 1.54) is 17.0 Å². The third-order valence-corrected chi connectivity index (χ3v) is 5.70. The van der Waals surface area contributed by atoms with Crippen LogP contribution in [0.2, 0.25) is 5.02 Å². The Morgan fingerprint density at radius 2 is 1.84 bits per heavy atom. The fourth-order valence-corrected chi connectivity index (χ4v) is 4.26. The molecule has 1 aromatic heterocycles. The maximum atomic E-state index is 13.6. The van der Waals surface area contributed by atoms with Crippen LogP contribution in [-0.2, 0) is 0 Å². The molecule has 5 rings (SSSR count). The number of hydrogen-bond donors (Lipinski definition) is 1. The Balaban J connectivity index is 1.81. The van der Waals surface area contributed by atoms with Crippen molar-refractivity contribution >= 4 is 34.2 Å². The molecule has 1 aliphatic heterocycles. The number of rotatable bonds is 4. The van der Waals surface area contributed by atoms with E-state index in [4.69, 9.17) is 20.8 Å². The van der Waals surface area contributed by atoms with Gasteiger partial charge in [-0.2, -0.15) is 0 Å². The lowest BCUT2D eigenvalue weighted by Gasteiger charge is -2.25. The highest BCUT2D eigenvalue weighted by Gasteiger charge is 2.43. The summed E-state index contributed by atoms with van der Waals surface area (Å²) in [6.07, 6.45) is 0. The Labute approximate surface area is 188 Å². The van der Waals surface area contributed by atoms with E-state index in [0.29, 0.717) is 33.8 Å². The van der Waals surface area contributed by atoms with Gasteiger partial charge in [0, 0.05) is 10.7 Å². The van der Waals surface area contributed by atoms with Crippen molar-refractivity contribution in [2.45, 2.75) is 13.0 Å². The number of para-hydroxylation sites is 1. The number of aromatic hydroxyl groups is 1. The van der Waals surface area contributed by atoms with E-state index in [0.717, 1.165) is 0 Å². The smallest absolute Gasteiger partial charge is 0.295 e. The van der Waals surface area contributed by atoms with Crippen LogP contribution in [0.15, 0.2) is 75.9 Å². The Hall–Kier alpha value is -3.77. The molecular weight excluding hydrogens is 430 g/mol. The molecule has 6 nitrogen and oxygen atoms in total. The lowest BCUT2D eigenvalue weighted by atomic mass is 9.97. The molecule has 1 unspecified atom stereocenters. The molecule has 1 N–H and O–H groups in total. The van der Waals surface area contributed by atoms with Gasteiger partial charge < -0.3 is 14.3 Å². The van der Waals surface area contributed by atoms with Crippen molar-refractivity contribution < 1.29 is 19.1 Å². The van der Waals surface area contributed by atoms with E-state index < -0.39 is 11.9 Å². The highest BCUT2D eigenvalue weighted by molar-refractivity contribution is 6.31. The summed E-state index contributed by atoms with van der Waals surface area (Å²) in [5.41, 5.74) is 1.41. The second kappa shape index (κ2) is 7.73. The number of amides is 1. The predicted molar refractivity (Wildman–Crippen MR) is 122 cm³/mol. The van der Waals surface area contributed by atoms with Crippen LogP contribution < -0.4 is 15.1 Å². The summed E-state index contributed by atoms with van der Waals surface area (Å²) in [6.45, 7) is 2.16. The number of phenols is 1. The minimum atomic E-state index is -0.765. The van der Waals surface area contributed by atoms with E-state index in [-0.39, 0.29) is 28.3 Å². The largest absolute Gasteiger partial charge is 0.504 e. The molecule has 0 aliphatic carbocycles. The standard InChI is InChI=1S/C25H18ClNO5/c1-2-31-20-12-14(8-10-18(20)28)22-21-23(29)17-13-15(26)9-11-19(17)32-24(21)25(30)27(22)16-6-4-3-5-7-16/h3-13,22,28H,2H2,1H3. The number of phenolic OH excluding ortho intramolecular Hbond substituents is 1. The van der Waals surface area contributed by atoms with Crippen molar-refractivity contribution in [1.29, 1.82) is 0 Å². The highest BCUT2D eigenvalue weighted by Crippen LogP contribution is 2.43. The summed E-state index contributed by atoms with van der Waals surface area (Å²) < 4.78 is 11.5. The Bertz CT molecular complexity index is 1410. The summed E-state index contributed by atoms with van der Waals surface area (Å²) in [5, 5.41) is 10.9. The average Bonchev–Trinajstić information content (AvgIpc) is 3.09. The molecule has 0 bridgehead atoms. The molecule has 0 fully saturated rings. The molecule has 1 atom stereocenters. The predicted octanol–water partition coefficient (Wildman–Crippen LogP) is 5.30. The molecule has 3 aromatic carbocycles. The Kier molecular flexibility index (Phi) is 4.87. The molecular formula is C25H18ClNO5. The Morgan fingerprint density at radius 1 is 1.06 bits per heavy atom. The topological polar surface area (TPSA) is 80.0 Å². The van der Waals surface area contributed by atoms with Gasteiger partial charge in [-0.05, 0) is 55.0 Å². The zero-order valence-corrected chi connectivity index (χ0v) is 17.8. The van der Waals surface area contributed by atoms with Gasteiger partial charge in [0.2, 0.25) is 5.76 Å². The minimum Gasteiger partial charge on any atom is -0.504 e. The lowest BCUT2D eigenvalue weighted by Crippen LogP contribution is -2.29. The number of carbonyl (C=O) groups excluding carboxylic acids is 1. The normalized spacial score (nSPS) is 15.2. The number of hydrogen-bond acceptors (Lipinski definition) is 5. The van der Waals surface area contributed by atoms with Crippen LogP contribution in [0.1, 0.15) is 34.6 Å². The van der Waals surface area contributed by atoms with Crippen LogP contribution in [0.3, 0.4) is 0 Å². The van der Waals surface area contributed by atoms with Gasteiger partial charge in [0.15, 0.2) is 16.9 Å². The first-order chi connectivity index (χ1) is 15.5. The van der Waals surface area contributed by atoms with Crippen molar-refractivity contribution in [3.05, 3.63) is 98.9 Å². The van der Waals surface area contributed by atoms with Crippen molar-refractivity contribution in [2.24, 2.45) is 0 Å². The van der Waals surface area contributed by atoms with Crippen LogP contribution in [0, 0.1) is 0 Å². The van der Waals surface area contributed by atoms with Gasteiger partial charge in [0.05, 0.1) is 23.6 Å². The maximum absolute atomic E-state index is 13.6. The van der Waals surface area contributed by atoms with E-state index in [1.54, 1.807) is 43.3 Å². The fourth-order valence-electron chi connectivity index (χ4n) is 4.09. The van der Waals surface area contributed by atoms with Crippen LogP contribution in [-0.4, -0.2) is 17.6 Å². The van der Waals surface area contributed by atoms with Crippen molar-refractivity contribution in [2.75, 3.05) is 11.5 Å². The minimum absolute atomic E-state index is 0.00953. The SMILES string of the molecule is CCOc1cc(C2c3c(oc4ccc(Cl)cc4c3=O)C(=O)N2c2ccccc2)ccc1O. The maximum Gasteiger partial charge on any atom is 0.295 e. The first-order valence-corrected chi connectivity index (χ1v) is 10.5. The zero-order valence-electron chi connectivity index (χ0n) is 17.0. The molecule has 2 heterocycles. The van der Waals surface area contributed by atoms with Crippen LogP contribution >= 0.6 is 11.6 Å². The number of carbonyl (C=O) groups is 1. The average molecular weight is 448 g/mol. The van der Waals surface area contributed by atoms with Crippen molar-refractivity contribution in [1.82, 2.24) is 0 Å².